The molecule has 0 fully saturated rings. The van der Waals surface area contributed by atoms with Gasteiger partial charge in [0.25, 0.3) is 5.91 Å². The summed E-state index contributed by atoms with van der Waals surface area (Å²) in [6.07, 6.45) is 0.385. The molecule has 2 N–H and O–H groups in total. The summed E-state index contributed by atoms with van der Waals surface area (Å²) < 4.78 is 5.87. The molecular formula is C23H20N2O3. The molecule has 1 heterocycles. The summed E-state index contributed by atoms with van der Waals surface area (Å²) in [5.74, 6) is 0.274. The molecule has 28 heavy (non-hydrogen) atoms. The summed E-state index contributed by atoms with van der Waals surface area (Å²) in [7, 11) is 0. The van der Waals surface area contributed by atoms with E-state index in [0.717, 1.165) is 11.1 Å². The Labute approximate surface area is 163 Å². The second-order valence-corrected chi connectivity index (χ2v) is 6.64. The molecule has 1 aliphatic rings. The third-order valence-electron chi connectivity index (χ3n) is 4.59. The lowest BCUT2D eigenvalue weighted by atomic mass is 10.1. The van der Waals surface area contributed by atoms with Gasteiger partial charge in [0.05, 0.1) is 5.69 Å². The van der Waals surface area contributed by atoms with Gasteiger partial charge in [0, 0.05) is 17.7 Å². The van der Waals surface area contributed by atoms with Crippen molar-refractivity contribution >= 4 is 23.2 Å². The van der Waals surface area contributed by atoms with E-state index in [-0.39, 0.29) is 11.8 Å². The first-order valence-corrected chi connectivity index (χ1v) is 9.19. The molecule has 5 heteroatoms. The van der Waals surface area contributed by atoms with Gasteiger partial charge in [0.2, 0.25) is 12.0 Å². The zero-order chi connectivity index (χ0) is 19.3. The predicted molar refractivity (Wildman–Crippen MR) is 108 cm³/mol. The van der Waals surface area contributed by atoms with Crippen LogP contribution in [0.15, 0.2) is 78.9 Å². The summed E-state index contributed by atoms with van der Waals surface area (Å²) in [4.78, 5) is 24.7. The fourth-order valence-corrected chi connectivity index (χ4v) is 3.16. The lowest BCUT2D eigenvalue weighted by molar-refractivity contribution is -0.123. The largest absolute Gasteiger partial charge is 0.474 e. The molecule has 0 aliphatic carbocycles. The van der Waals surface area contributed by atoms with E-state index in [1.807, 2.05) is 60.7 Å². The van der Waals surface area contributed by atoms with Crippen LogP contribution in [0.5, 0.6) is 5.75 Å². The molecule has 0 aromatic heterocycles. The van der Waals surface area contributed by atoms with Gasteiger partial charge >= 0.3 is 0 Å². The van der Waals surface area contributed by atoms with Gasteiger partial charge in [-0.15, -0.1) is 0 Å². The summed E-state index contributed by atoms with van der Waals surface area (Å²) in [6.45, 7) is 0. The van der Waals surface area contributed by atoms with Crippen LogP contribution in [-0.2, 0) is 16.0 Å². The minimum absolute atomic E-state index is 0.0750. The van der Waals surface area contributed by atoms with Crippen molar-refractivity contribution < 1.29 is 14.3 Å². The molecule has 0 saturated heterocycles. The minimum Gasteiger partial charge on any atom is -0.474 e. The maximum Gasteiger partial charge on any atom is 0.270 e. The fraction of sp³-hybridized carbons (Fsp3) is 0.130. The van der Waals surface area contributed by atoms with Crippen molar-refractivity contribution in [2.75, 3.05) is 10.6 Å². The van der Waals surface area contributed by atoms with Crippen molar-refractivity contribution in [1.82, 2.24) is 0 Å². The highest BCUT2D eigenvalue weighted by Crippen LogP contribution is 2.36. The molecule has 1 aliphatic heterocycles. The number of anilines is 2. The van der Waals surface area contributed by atoms with Crippen LogP contribution in [0, 0.1) is 0 Å². The Kier molecular flexibility index (Phi) is 5.06. The number of ether oxygens (including phenoxy) is 1. The van der Waals surface area contributed by atoms with E-state index >= 15 is 0 Å². The van der Waals surface area contributed by atoms with Crippen molar-refractivity contribution in [2.24, 2.45) is 0 Å². The average Bonchev–Trinajstić information content (AvgIpc) is 2.73. The lowest BCUT2D eigenvalue weighted by Gasteiger charge is -2.26. The molecule has 3 aromatic rings. The topological polar surface area (TPSA) is 67.4 Å². The molecule has 5 nitrogen and oxygen atoms in total. The van der Waals surface area contributed by atoms with Gasteiger partial charge in [-0.1, -0.05) is 60.7 Å². The number of nitrogens with one attached hydrogen (secondary N) is 2. The Balaban J connectivity index is 1.41. The van der Waals surface area contributed by atoms with Gasteiger partial charge in [0.15, 0.2) is 0 Å². The molecule has 3 aromatic carbocycles. The molecule has 0 radical (unpaired) electrons. The molecule has 1 atom stereocenters. The SMILES string of the molecule is O=C(CCc1ccccc1)Nc1ccc2c(c1)NC(=O)C(c1ccccc1)O2. The molecule has 0 saturated carbocycles. The normalized spacial score (nSPS) is 15.1. The molecule has 0 spiro atoms. The van der Waals surface area contributed by atoms with Crippen molar-refractivity contribution in [3.63, 3.8) is 0 Å². The number of rotatable bonds is 5. The summed E-state index contributed by atoms with van der Waals surface area (Å²) in [6, 6.07) is 24.5. The molecule has 140 valence electrons. The first-order chi connectivity index (χ1) is 13.7. The Morgan fingerprint density at radius 3 is 2.43 bits per heavy atom. The lowest BCUT2D eigenvalue weighted by Crippen LogP contribution is -2.30. The van der Waals surface area contributed by atoms with E-state index in [4.69, 9.17) is 4.74 Å². The second kappa shape index (κ2) is 7.96. The van der Waals surface area contributed by atoms with E-state index in [1.165, 1.54) is 0 Å². The van der Waals surface area contributed by atoms with Gasteiger partial charge in [-0.25, -0.2) is 0 Å². The maximum atomic E-state index is 12.4. The van der Waals surface area contributed by atoms with Crippen LogP contribution in [0.2, 0.25) is 0 Å². The van der Waals surface area contributed by atoms with Crippen LogP contribution in [0.3, 0.4) is 0 Å². The number of carbonyl (C=O) groups excluding carboxylic acids is 2. The van der Waals surface area contributed by atoms with Crippen molar-refractivity contribution in [1.29, 1.82) is 0 Å². The molecule has 4 rings (SSSR count). The van der Waals surface area contributed by atoms with Crippen LogP contribution < -0.4 is 15.4 Å². The second-order valence-electron chi connectivity index (χ2n) is 6.64. The zero-order valence-electron chi connectivity index (χ0n) is 15.2. The third-order valence-corrected chi connectivity index (χ3v) is 4.59. The van der Waals surface area contributed by atoms with Gasteiger partial charge in [-0.3, -0.25) is 9.59 Å². The smallest absolute Gasteiger partial charge is 0.270 e. The van der Waals surface area contributed by atoms with E-state index in [0.29, 0.717) is 30.0 Å². The first-order valence-electron chi connectivity index (χ1n) is 9.19. The highest BCUT2D eigenvalue weighted by molar-refractivity contribution is 5.99. The number of benzene rings is 3. The third kappa shape index (κ3) is 4.04. The van der Waals surface area contributed by atoms with E-state index in [9.17, 15) is 9.59 Å². The Morgan fingerprint density at radius 2 is 1.68 bits per heavy atom. The predicted octanol–water partition coefficient (Wildman–Crippen LogP) is 4.33. The standard InChI is InChI=1S/C23H20N2O3/c26-21(14-11-16-7-3-1-4-8-16)24-18-12-13-20-19(15-18)25-23(27)22(28-20)17-9-5-2-6-10-17/h1-10,12-13,15,22H,11,14H2,(H,24,26)(H,25,27). The fourth-order valence-electron chi connectivity index (χ4n) is 3.16. The summed E-state index contributed by atoms with van der Waals surface area (Å²) in [5, 5.41) is 5.74. The monoisotopic (exact) mass is 372 g/mol. The van der Waals surface area contributed by atoms with Gasteiger partial charge in [-0.2, -0.15) is 0 Å². The molecular weight excluding hydrogens is 352 g/mol. The van der Waals surface area contributed by atoms with Crippen LogP contribution in [-0.4, -0.2) is 11.8 Å². The number of carbonyl (C=O) groups is 2. The zero-order valence-corrected chi connectivity index (χ0v) is 15.2. The number of amides is 2. The molecule has 0 bridgehead atoms. The van der Waals surface area contributed by atoms with Crippen molar-refractivity contribution in [3.8, 4) is 5.75 Å². The maximum absolute atomic E-state index is 12.4. The van der Waals surface area contributed by atoms with Crippen LogP contribution in [0.1, 0.15) is 23.7 Å². The Bertz CT molecular complexity index is 987. The quantitative estimate of drug-likeness (QED) is 0.700. The van der Waals surface area contributed by atoms with Crippen LogP contribution in [0.25, 0.3) is 0 Å². The van der Waals surface area contributed by atoms with Crippen LogP contribution in [0.4, 0.5) is 11.4 Å². The first kappa shape index (κ1) is 17.8. The van der Waals surface area contributed by atoms with E-state index in [2.05, 4.69) is 10.6 Å². The highest BCUT2D eigenvalue weighted by atomic mass is 16.5. The number of aryl methyl sites for hydroxylation is 1. The minimum atomic E-state index is -0.681. The average molecular weight is 372 g/mol. The van der Waals surface area contributed by atoms with Gasteiger partial charge in [-0.05, 0) is 30.2 Å². The van der Waals surface area contributed by atoms with Crippen molar-refractivity contribution in [3.05, 3.63) is 90.0 Å². The highest BCUT2D eigenvalue weighted by Gasteiger charge is 2.29. The molecule has 1 unspecified atom stereocenters. The number of fused-ring (bicyclic) bond motifs is 1. The van der Waals surface area contributed by atoms with Crippen molar-refractivity contribution in [2.45, 2.75) is 18.9 Å². The summed E-state index contributed by atoms with van der Waals surface area (Å²) in [5.41, 5.74) is 3.09. The van der Waals surface area contributed by atoms with Gasteiger partial charge in [0.1, 0.15) is 5.75 Å². The summed E-state index contributed by atoms with van der Waals surface area (Å²) >= 11 is 0. The van der Waals surface area contributed by atoms with E-state index < -0.39 is 6.10 Å². The number of hydrogen-bond donors (Lipinski definition) is 2. The van der Waals surface area contributed by atoms with E-state index in [1.54, 1.807) is 18.2 Å². The number of hydrogen-bond acceptors (Lipinski definition) is 3. The Morgan fingerprint density at radius 1 is 0.964 bits per heavy atom. The van der Waals surface area contributed by atoms with Gasteiger partial charge < -0.3 is 15.4 Å². The molecule has 2 amide bonds. The Hall–Kier alpha value is -3.60. The van der Waals surface area contributed by atoms with Crippen LogP contribution >= 0.6 is 0 Å².